The molecule has 0 heterocycles. The molecular formula is C21H20Cl2N2O4. The van der Waals surface area contributed by atoms with E-state index in [0.29, 0.717) is 5.16 Å². The number of para-hydroxylation sites is 1. The Morgan fingerprint density at radius 2 is 1.41 bits per heavy atom. The summed E-state index contributed by atoms with van der Waals surface area (Å²) in [4.78, 5) is 2.07. The van der Waals surface area contributed by atoms with Gasteiger partial charge >= 0.3 is 0 Å². The third kappa shape index (κ3) is 7.47. The maximum absolute atomic E-state index is 8.49. The molecule has 0 aromatic heterocycles. The van der Waals surface area contributed by atoms with Gasteiger partial charge in [0.25, 0.3) is 0 Å². The van der Waals surface area contributed by atoms with E-state index < -0.39 is 10.2 Å². The molecule has 8 heteroatoms. The molecule has 3 rings (SSSR count). The molecule has 6 nitrogen and oxygen atoms in total. The van der Waals surface area contributed by atoms with E-state index >= 15 is 0 Å². The minimum atomic E-state index is -4.94. The minimum absolute atomic E-state index is 0.645. The van der Waals surface area contributed by atoms with Gasteiger partial charge in [-0.25, -0.2) is 23.2 Å². The summed E-state index contributed by atoms with van der Waals surface area (Å²) in [6, 6.07) is 24.8. The average Bonchev–Trinajstić information content (AvgIpc) is 2.66. The zero-order valence-electron chi connectivity index (χ0n) is 15.9. The summed E-state index contributed by atoms with van der Waals surface area (Å²) < 4.78 is 35.9. The first-order valence-corrected chi connectivity index (χ1v) is 10.1. The van der Waals surface area contributed by atoms with E-state index in [2.05, 4.69) is 59.5 Å². The van der Waals surface area contributed by atoms with Crippen LogP contribution < -0.4 is 23.5 Å². The van der Waals surface area contributed by atoms with Crippen LogP contribution in [0.5, 0.6) is 0 Å². The molecule has 0 bridgehead atoms. The zero-order chi connectivity index (χ0) is 21.4. The summed E-state index contributed by atoms with van der Waals surface area (Å²) in [6.07, 6.45) is 3.86. The van der Waals surface area contributed by atoms with Crippen molar-refractivity contribution in [2.75, 3.05) is 19.0 Å². The van der Waals surface area contributed by atoms with Crippen LogP contribution in [-0.2, 0) is 0 Å². The van der Waals surface area contributed by atoms with Crippen molar-refractivity contribution in [2.24, 2.45) is 0 Å². The predicted octanol–water partition coefficient (Wildman–Crippen LogP) is 0.645. The van der Waals surface area contributed by atoms with Crippen LogP contribution in [-0.4, -0.2) is 24.9 Å². The van der Waals surface area contributed by atoms with Crippen molar-refractivity contribution in [3.8, 4) is 0 Å². The summed E-state index contributed by atoms with van der Waals surface area (Å²) in [5.74, 6) is 0. The van der Waals surface area contributed by atoms with E-state index in [1.54, 1.807) is 0 Å². The number of fused-ring (bicyclic) bond motifs is 1. The summed E-state index contributed by atoms with van der Waals surface area (Å²) >= 11 is 6.69. The summed E-state index contributed by atoms with van der Waals surface area (Å²) in [5, 5.41) is 3.00. The second kappa shape index (κ2) is 10.4. The Labute approximate surface area is 176 Å². The van der Waals surface area contributed by atoms with Gasteiger partial charge in [-0.1, -0.05) is 66.2 Å². The van der Waals surface area contributed by atoms with Gasteiger partial charge in [0.05, 0.1) is 5.69 Å². The lowest BCUT2D eigenvalue weighted by atomic mass is 10.1. The number of hydrogen-bond acceptors (Lipinski definition) is 5. The van der Waals surface area contributed by atoms with Crippen LogP contribution in [0.3, 0.4) is 0 Å². The second-order valence-electron chi connectivity index (χ2n) is 6.15. The lowest BCUT2D eigenvalue weighted by Gasteiger charge is -2.25. The number of benzene rings is 3. The minimum Gasteiger partial charge on any atom is -0.300 e. The molecule has 0 aliphatic heterocycles. The molecule has 0 aliphatic rings. The van der Waals surface area contributed by atoms with Gasteiger partial charge in [0.1, 0.15) is 19.3 Å². The van der Waals surface area contributed by atoms with Gasteiger partial charge in [-0.3, -0.25) is 4.90 Å². The van der Waals surface area contributed by atoms with Crippen molar-refractivity contribution < 1.29 is 33.5 Å². The van der Waals surface area contributed by atoms with E-state index in [1.165, 1.54) is 10.8 Å². The highest BCUT2D eigenvalue weighted by molar-refractivity contribution is 6.33. The fourth-order valence-electron chi connectivity index (χ4n) is 2.64. The Morgan fingerprint density at radius 3 is 2.03 bits per heavy atom. The second-order valence-corrected chi connectivity index (χ2v) is 7.29. The van der Waals surface area contributed by atoms with Gasteiger partial charge in [-0.2, -0.15) is 0 Å². The van der Waals surface area contributed by atoms with Crippen LogP contribution in [0.15, 0.2) is 84.0 Å². The number of anilines is 2. The molecule has 3 aromatic carbocycles. The van der Waals surface area contributed by atoms with Crippen molar-refractivity contribution >= 4 is 40.0 Å². The molecule has 0 unspecified atom stereocenters. The number of allylic oxidation sites excluding steroid dienone is 1. The van der Waals surface area contributed by atoms with Crippen molar-refractivity contribution in [3.63, 3.8) is 0 Å². The van der Waals surface area contributed by atoms with Crippen LogP contribution in [0.2, 0.25) is 0 Å². The van der Waals surface area contributed by atoms with E-state index in [1.807, 2.05) is 49.2 Å². The third-order valence-electron chi connectivity index (χ3n) is 3.75. The Kier molecular flexibility index (Phi) is 8.16. The molecule has 0 atom stereocenters. The molecule has 0 saturated heterocycles. The Hall–Kier alpha value is -2.45. The van der Waals surface area contributed by atoms with Crippen LogP contribution in [0.1, 0.15) is 0 Å². The first kappa shape index (κ1) is 22.8. The molecule has 0 saturated carbocycles. The van der Waals surface area contributed by atoms with Crippen LogP contribution in [0, 0.1) is 10.2 Å². The lowest BCUT2D eigenvalue weighted by Crippen LogP contribution is -2.68. The molecule has 0 aliphatic carbocycles. The van der Waals surface area contributed by atoms with Gasteiger partial charge < -0.3 is 0 Å². The lowest BCUT2D eigenvalue weighted by molar-refractivity contribution is -2.00. The highest BCUT2D eigenvalue weighted by Crippen LogP contribution is 2.36. The maximum atomic E-state index is 8.49. The zero-order valence-corrected chi connectivity index (χ0v) is 17.4. The van der Waals surface area contributed by atoms with Crippen LogP contribution in [0.25, 0.3) is 10.8 Å². The summed E-state index contributed by atoms with van der Waals surface area (Å²) in [5.41, 5.74) is 2.09. The molecule has 29 heavy (non-hydrogen) atoms. The highest BCUT2D eigenvalue weighted by Gasteiger charge is 2.15. The first-order valence-electron chi connectivity index (χ1n) is 8.48. The van der Waals surface area contributed by atoms with E-state index in [0.717, 1.165) is 11.4 Å². The summed E-state index contributed by atoms with van der Waals surface area (Å²) in [6.45, 7) is 0. The quantitative estimate of drug-likeness (QED) is 0.341. The Morgan fingerprint density at radius 1 is 0.862 bits per heavy atom. The first-order chi connectivity index (χ1) is 13.7. The van der Waals surface area contributed by atoms with Crippen molar-refractivity contribution in [3.05, 3.63) is 84.0 Å². The van der Waals surface area contributed by atoms with Gasteiger partial charge in [0.2, 0.25) is 0 Å². The average molecular weight is 435 g/mol. The molecular weight excluding hydrogens is 415 g/mol. The maximum Gasteiger partial charge on any atom is 0.165 e. The SMILES string of the molecule is C[N+](C)=C/C=C(\Cl)N(c1ccccc1)c1cccc2ccccc12.[O-][Cl+3]([O-])([O-])[O-]. The van der Waals surface area contributed by atoms with Gasteiger partial charge in [0.15, 0.2) is 6.21 Å². The molecule has 0 N–H and O–H groups in total. The molecule has 152 valence electrons. The van der Waals surface area contributed by atoms with Crippen LogP contribution in [0.4, 0.5) is 11.4 Å². The van der Waals surface area contributed by atoms with E-state index in [-0.39, 0.29) is 0 Å². The smallest absolute Gasteiger partial charge is 0.165 e. The third-order valence-corrected chi connectivity index (χ3v) is 4.04. The van der Waals surface area contributed by atoms with Crippen molar-refractivity contribution in [1.82, 2.24) is 0 Å². The summed E-state index contributed by atoms with van der Waals surface area (Å²) in [7, 11) is -0.989. The largest absolute Gasteiger partial charge is 0.300 e. The fourth-order valence-corrected chi connectivity index (χ4v) is 2.89. The van der Waals surface area contributed by atoms with Gasteiger partial charge in [-0.05, 0) is 23.6 Å². The normalized spacial score (nSPS) is 11.5. The Balaban J connectivity index is 0.000000537. The van der Waals surface area contributed by atoms with Crippen molar-refractivity contribution in [1.29, 1.82) is 0 Å². The topological polar surface area (TPSA) is 98.5 Å². The van der Waals surface area contributed by atoms with E-state index in [9.17, 15) is 0 Å². The number of hydrogen-bond donors (Lipinski definition) is 0. The van der Waals surface area contributed by atoms with Gasteiger partial charge in [-0.15, -0.1) is 10.2 Å². The standard InChI is InChI=1S/C21H20ClN2.ClHO4/c1-23(2)16-15-21(22)24(18-11-4-3-5-12-18)20-14-8-10-17-9-6-7-13-19(17)20;2-1(3,4)5/h3-16H,1-2H3;(H,2,3,4,5)/q+1;/p-1. The molecule has 0 radical (unpaired) electrons. The fraction of sp³-hybridized carbons (Fsp3) is 0.0952. The number of halogens is 2. The molecule has 3 aromatic rings. The van der Waals surface area contributed by atoms with Crippen LogP contribution >= 0.6 is 11.6 Å². The highest BCUT2D eigenvalue weighted by atomic mass is 35.7. The molecule has 0 amide bonds. The number of rotatable bonds is 4. The van der Waals surface area contributed by atoms with E-state index in [4.69, 9.17) is 30.2 Å². The van der Waals surface area contributed by atoms with Crippen molar-refractivity contribution in [2.45, 2.75) is 0 Å². The Bertz CT molecular complexity index is 987. The molecule has 0 fully saturated rings. The molecule has 0 spiro atoms. The van der Waals surface area contributed by atoms with Gasteiger partial charge in [0, 0.05) is 17.1 Å². The monoisotopic (exact) mass is 434 g/mol. The number of nitrogens with zero attached hydrogens (tertiary/aromatic N) is 2. The predicted molar refractivity (Wildman–Crippen MR) is 105 cm³/mol.